The molecule has 4 aromatic rings. The third-order valence-electron chi connectivity index (χ3n) is 3.59. The third kappa shape index (κ3) is 3.01. The van der Waals surface area contributed by atoms with Crippen LogP contribution in [0.1, 0.15) is 5.69 Å². The number of benzene rings is 1. The number of nitrogens with zero attached hydrogens (tertiary/aromatic N) is 3. The van der Waals surface area contributed by atoms with Gasteiger partial charge in [-0.3, -0.25) is 0 Å². The Morgan fingerprint density at radius 1 is 1.04 bits per heavy atom. The van der Waals surface area contributed by atoms with Gasteiger partial charge in [-0.05, 0) is 36.4 Å². The van der Waals surface area contributed by atoms with Gasteiger partial charge in [0.2, 0.25) is 5.13 Å². The van der Waals surface area contributed by atoms with Crippen molar-refractivity contribution in [3.8, 4) is 27.8 Å². The highest BCUT2D eigenvalue weighted by molar-refractivity contribution is 7.12. The number of aromatic nitrogens is 3. The van der Waals surface area contributed by atoms with E-state index in [0.717, 1.165) is 22.1 Å². The molecule has 3 heterocycles. The Morgan fingerprint density at radius 3 is 2.46 bits per heavy atom. The fourth-order valence-electron chi connectivity index (χ4n) is 2.39. The Balaban J connectivity index is 1.79. The second kappa shape index (κ2) is 6.10. The molecule has 132 valence electrons. The molecular weight excluding hydrogens is 370 g/mol. The molecule has 0 radical (unpaired) electrons. The minimum atomic E-state index is -4.61. The summed E-state index contributed by atoms with van der Waals surface area (Å²) in [4.78, 5) is 4.22. The van der Waals surface area contributed by atoms with Crippen molar-refractivity contribution >= 4 is 11.3 Å². The summed E-state index contributed by atoms with van der Waals surface area (Å²) in [5, 5.41) is 5.65. The summed E-state index contributed by atoms with van der Waals surface area (Å²) < 4.78 is 59.1. The normalized spacial score (nSPS) is 11.8. The largest absolute Gasteiger partial charge is 0.463 e. The number of halogens is 4. The van der Waals surface area contributed by atoms with Crippen molar-refractivity contribution in [2.75, 3.05) is 0 Å². The van der Waals surface area contributed by atoms with Crippen molar-refractivity contribution in [3.63, 3.8) is 0 Å². The van der Waals surface area contributed by atoms with Gasteiger partial charge in [-0.1, -0.05) is 0 Å². The maximum absolute atomic E-state index is 13.4. The van der Waals surface area contributed by atoms with Crippen molar-refractivity contribution in [1.82, 2.24) is 14.8 Å². The molecule has 0 bridgehead atoms. The van der Waals surface area contributed by atoms with Crippen LogP contribution >= 0.6 is 11.3 Å². The molecule has 26 heavy (non-hydrogen) atoms. The van der Waals surface area contributed by atoms with Crippen molar-refractivity contribution in [3.05, 3.63) is 65.6 Å². The molecule has 4 rings (SSSR count). The predicted octanol–water partition coefficient (Wildman–Crippen LogP) is 5.41. The first-order valence-corrected chi connectivity index (χ1v) is 8.23. The number of thiazole rings is 1. The fourth-order valence-corrected chi connectivity index (χ4v) is 3.18. The van der Waals surface area contributed by atoms with E-state index in [1.807, 2.05) is 0 Å². The smallest absolute Gasteiger partial charge is 0.433 e. The molecule has 4 nitrogen and oxygen atoms in total. The van der Waals surface area contributed by atoms with Gasteiger partial charge >= 0.3 is 6.18 Å². The Bertz CT molecular complexity index is 1030. The highest BCUT2D eigenvalue weighted by atomic mass is 32.1. The summed E-state index contributed by atoms with van der Waals surface area (Å²) in [6.45, 7) is 0. The molecule has 0 unspecified atom stereocenters. The van der Waals surface area contributed by atoms with E-state index in [9.17, 15) is 17.6 Å². The average Bonchev–Trinajstić information content (AvgIpc) is 3.33. The lowest BCUT2D eigenvalue weighted by Crippen LogP contribution is -2.13. The first-order valence-electron chi connectivity index (χ1n) is 7.35. The van der Waals surface area contributed by atoms with E-state index in [-0.39, 0.29) is 16.6 Å². The van der Waals surface area contributed by atoms with Gasteiger partial charge in [-0.2, -0.15) is 18.3 Å². The molecule has 3 aromatic heterocycles. The Hall–Kier alpha value is -2.94. The molecule has 0 aliphatic carbocycles. The maximum atomic E-state index is 13.4. The topological polar surface area (TPSA) is 43.9 Å². The van der Waals surface area contributed by atoms with Gasteiger partial charge < -0.3 is 4.42 Å². The zero-order valence-corrected chi connectivity index (χ0v) is 13.7. The van der Waals surface area contributed by atoms with Crippen LogP contribution in [0.4, 0.5) is 17.6 Å². The van der Waals surface area contributed by atoms with E-state index in [1.165, 1.54) is 36.6 Å². The Morgan fingerprint density at radius 2 is 1.81 bits per heavy atom. The van der Waals surface area contributed by atoms with E-state index in [0.29, 0.717) is 11.3 Å². The lowest BCUT2D eigenvalue weighted by molar-refractivity contribution is -0.142. The molecule has 1 aromatic carbocycles. The van der Waals surface area contributed by atoms with Gasteiger partial charge in [0.25, 0.3) is 0 Å². The number of alkyl halides is 3. The fraction of sp³-hybridized carbons (Fsp3) is 0.0588. The van der Waals surface area contributed by atoms with Gasteiger partial charge in [-0.25, -0.2) is 14.1 Å². The summed E-state index contributed by atoms with van der Waals surface area (Å²) in [6.07, 6.45) is -3.25. The predicted molar refractivity (Wildman–Crippen MR) is 87.3 cm³/mol. The standard InChI is InChI=1S/C17H9F4N3OS/c18-11-5-3-10(4-6-11)13-9-26-16(22-13)24-15(17(19,20)21)8-12(23-24)14-2-1-7-25-14/h1-9H. The van der Waals surface area contributed by atoms with Gasteiger partial charge in [0.05, 0.1) is 12.0 Å². The van der Waals surface area contributed by atoms with Crippen LogP contribution in [-0.4, -0.2) is 14.8 Å². The van der Waals surface area contributed by atoms with Crippen LogP contribution in [0.15, 0.2) is 58.5 Å². The molecule has 9 heteroatoms. The highest BCUT2D eigenvalue weighted by Gasteiger charge is 2.37. The van der Waals surface area contributed by atoms with Gasteiger partial charge in [0.1, 0.15) is 11.5 Å². The molecule has 0 aliphatic rings. The molecule has 0 spiro atoms. The first-order chi connectivity index (χ1) is 12.4. The summed E-state index contributed by atoms with van der Waals surface area (Å²) in [6, 6.07) is 9.55. The zero-order valence-electron chi connectivity index (χ0n) is 12.9. The summed E-state index contributed by atoms with van der Waals surface area (Å²) in [7, 11) is 0. The lowest BCUT2D eigenvalue weighted by atomic mass is 10.2. The van der Waals surface area contributed by atoms with E-state index in [1.54, 1.807) is 11.4 Å². The number of rotatable bonds is 3. The van der Waals surface area contributed by atoms with E-state index < -0.39 is 17.7 Å². The van der Waals surface area contributed by atoms with E-state index in [4.69, 9.17) is 4.42 Å². The van der Waals surface area contributed by atoms with Gasteiger partial charge in [-0.15, -0.1) is 11.3 Å². The SMILES string of the molecule is Fc1ccc(-c2csc(-n3nc(-c4ccco4)cc3C(F)(F)F)n2)cc1. The molecule has 0 fully saturated rings. The van der Waals surface area contributed by atoms with Gasteiger partial charge in [0.15, 0.2) is 11.5 Å². The monoisotopic (exact) mass is 379 g/mol. The quantitative estimate of drug-likeness (QED) is 0.447. The minimum absolute atomic E-state index is 0.0504. The minimum Gasteiger partial charge on any atom is -0.463 e. The lowest BCUT2D eigenvalue weighted by Gasteiger charge is -2.07. The van der Waals surface area contributed by atoms with Crippen LogP contribution in [0, 0.1) is 5.82 Å². The second-order valence-electron chi connectivity index (χ2n) is 5.32. The summed E-state index contributed by atoms with van der Waals surface area (Å²) in [5.74, 6) is -0.178. The Kier molecular flexibility index (Phi) is 3.87. The van der Waals surface area contributed by atoms with E-state index in [2.05, 4.69) is 10.1 Å². The van der Waals surface area contributed by atoms with Gasteiger partial charge in [0, 0.05) is 17.0 Å². The molecule has 0 atom stereocenters. The molecular formula is C17H9F4N3OS. The molecule has 0 saturated heterocycles. The van der Waals surface area contributed by atoms with E-state index >= 15 is 0 Å². The van der Waals surface area contributed by atoms with Crippen LogP contribution in [0.25, 0.3) is 27.8 Å². The van der Waals surface area contributed by atoms with Crippen molar-refractivity contribution in [2.24, 2.45) is 0 Å². The van der Waals surface area contributed by atoms with Crippen LogP contribution in [0.3, 0.4) is 0 Å². The maximum Gasteiger partial charge on any atom is 0.433 e. The molecule has 0 amide bonds. The van der Waals surface area contributed by atoms with Crippen LogP contribution in [-0.2, 0) is 6.18 Å². The van der Waals surface area contributed by atoms with Crippen molar-refractivity contribution in [2.45, 2.75) is 6.18 Å². The average molecular weight is 379 g/mol. The number of hydrogen-bond donors (Lipinski definition) is 0. The number of furan rings is 1. The first kappa shape index (κ1) is 16.5. The zero-order chi connectivity index (χ0) is 18.3. The Labute approximate surface area is 148 Å². The molecule has 0 saturated carbocycles. The summed E-state index contributed by atoms with van der Waals surface area (Å²) in [5.41, 5.74) is 0.138. The highest BCUT2D eigenvalue weighted by Crippen LogP contribution is 2.35. The summed E-state index contributed by atoms with van der Waals surface area (Å²) >= 11 is 1.01. The van der Waals surface area contributed by atoms with Crippen LogP contribution < -0.4 is 0 Å². The van der Waals surface area contributed by atoms with Crippen molar-refractivity contribution < 1.29 is 22.0 Å². The molecule has 0 aliphatic heterocycles. The molecule has 0 N–H and O–H groups in total. The second-order valence-corrected chi connectivity index (χ2v) is 6.16. The van der Waals surface area contributed by atoms with Crippen LogP contribution in [0.2, 0.25) is 0 Å². The van der Waals surface area contributed by atoms with Crippen LogP contribution in [0.5, 0.6) is 0 Å². The third-order valence-corrected chi connectivity index (χ3v) is 4.40. The number of hydrogen-bond acceptors (Lipinski definition) is 4. The van der Waals surface area contributed by atoms with Crippen molar-refractivity contribution in [1.29, 1.82) is 0 Å².